The van der Waals surface area contributed by atoms with Crippen LogP contribution in [0.2, 0.25) is 0 Å². The number of ether oxygens (including phenoxy) is 3. The molecule has 1 aliphatic rings. The topological polar surface area (TPSA) is 44.8 Å². The molecule has 2 atom stereocenters. The highest BCUT2D eigenvalue weighted by atomic mass is 16.5. The van der Waals surface area contributed by atoms with E-state index in [1.54, 1.807) is 14.2 Å². The highest BCUT2D eigenvalue weighted by molar-refractivity contribution is 5.77. The molecule has 3 rings (SSSR count). The molecule has 0 aromatic heterocycles. The molecule has 4 nitrogen and oxygen atoms in total. The minimum atomic E-state index is -0.131. The van der Waals surface area contributed by atoms with Crippen LogP contribution < -0.4 is 9.47 Å². The molecule has 1 unspecified atom stereocenters. The van der Waals surface area contributed by atoms with Gasteiger partial charge in [-0.25, -0.2) is 0 Å². The first-order valence-corrected chi connectivity index (χ1v) is 7.65. The Morgan fingerprint density at radius 1 is 1.04 bits per heavy atom. The van der Waals surface area contributed by atoms with Gasteiger partial charge in [-0.2, -0.15) is 0 Å². The summed E-state index contributed by atoms with van der Waals surface area (Å²) < 4.78 is 16.0. The predicted octanol–water partition coefficient (Wildman–Crippen LogP) is 3.55. The van der Waals surface area contributed by atoms with E-state index >= 15 is 0 Å². The first-order valence-electron chi connectivity index (χ1n) is 7.65. The van der Waals surface area contributed by atoms with E-state index in [1.807, 2.05) is 48.5 Å². The number of hydrogen-bond acceptors (Lipinski definition) is 4. The smallest absolute Gasteiger partial charge is 0.309 e. The van der Waals surface area contributed by atoms with Crippen LogP contribution in [-0.2, 0) is 16.1 Å². The predicted molar refractivity (Wildman–Crippen MR) is 86.6 cm³/mol. The fourth-order valence-corrected chi connectivity index (χ4v) is 2.74. The number of rotatable bonds is 6. The Balaban J connectivity index is 1.59. The summed E-state index contributed by atoms with van der Waals surface area (Å²) in [5.41, 5.74) is 2.09. The van der Waals surface area contributed by atoms with Gasteiger partial charge in [0.15, 0.2) is 11.5 Å². The normalized spacial score (nSPS) is 19.0. The SMILES string of the molecule is COc1ccc(C2C[C@H]2C(=O)OCc2ccccc2)cc1OC. The molecule has 0 N–H and O–H groups in total. The van der Waals surface area contributed by atoms with E-state index in [0.717, 1.165) is 17.5 Å². The van der Waals surface area contributed by atoms with Gasteiger partial charge in [0.2, 0.25) is 0 Å². The summed E-state index contributed by atoms with van der Waals surface area (Å²) in [6.07, 6.45) is 0.823. The Kier molecular flexibility index (Phi) is 4.51. The average Bonchev–Trinajstić information content (AvgIpc) is 3.40. The van der Waals surface area contributed by atoms with Crippen molar-refractivity contribution in [1.29, 1.82) is 0 Å². The Bertz CT molecular complexity index is 681. The number of benzene rings is 2. The molecular formula is C19H20O4. The van der Waals surface area contributed by atoms with Gasteiger partial charge in [-0.1, -0.05) is 36.4 Å². The van der Waals surface area contributed by atoms with E-state index in [2.05, 4.69) is 0 Å². The van der Waals surface area contributed by atoms with Crippen LogP contribution >= 0.6 is 0 Å². The largest absolute Gasteiger partial charge is 0.493 e. The van der Waals surface area contributed by atoms with Crippen LogP contribution in [0, 0.1) is 5.92 Å². The summed E-state index contributed by atoms with van der Waals surface area (Å²) in [6, 6.07) is 15.5. The van der Waals surface area contributed by atoms with E-state index < -0.39 is 0 Å². The minimum Gasteiger partial charge on any atom is -0.493 e. The highest BCUT2D eigenvalue weighted by Gasteiger charge is 2.45. The van der Waals surface area contributed by atoms with Gasteiger partial charge in [0.1, 0.15) is 6.61 Å². The zero-order valence-corrected chi connectivity index (χ0v) is 13.3. The zero-order valence-electron chi connectivity index (χ0n) is 13.3. The van der Waals surface area contributed by atoms with Gasteiger partial charge in [-0.3, -0.25) is 4.79 Å². The third-order valence-electron chi connectivity index (χ3n) is 4.15. The Hall–Kier alpha value is -2.49. The first kappa shape index (κ1) is 15.4. The van der Waals surface area contributed by atoms with Crippen LogP contribution in [0.3, 0.4) is 0 Å². The highest BCUT2D eigenvalue weighted by Crippen LogP contribution is 2.49. The molecule has 0 aliphatic heterocycles. The number of carbonyl (C=O) groups excluding carboxylic acids is 1. The molecule has 1 fully saturated rings. The molecule has 1 saturated carbocycles. The van der Waals surface area contributed by atoms with E-state index in [9.17, 15) is 4.79 Å². The van der Waals surface area contributed by atoms with Gasteiger partial charge in [-0.05, 0) is 35.6 Å². The fraction of sp³-hybridized carbons (Fsp3) is 0.316. The third kappa shape index (κ3) is 3.47. The van der Waals surface area contributed by atoms with E-state index in [4.69, 9.17) is 14.2 Å². The van der Waals surface area contributed by atoms with Crippen LogP contribution in [0.4, 0.5) is 0 Å². The monoisotopic (exact) mass is 312 g/mol. The van der Waals surface area contributed by atoms with Crippen molar-refractivity contribution in [2.45, 2.75) is 18.9 Å². The molecule has 2 aromatic carbocycles. The lowest BCUT2D eigenvalue weighted by atomic mass is 10.1. The zero-order chi connectivity index (χ0) is 16.2. The second-order valence-corrected chi connectivity index (χ2v) is 5.66. The van der Waals surface area contributed by atoms with Gasteiger partial charge < -0.3 is 14.2 Å². The number of hydrogen-bond donors (Lipinski definition) is 0. The van der Waals surface area contributed by atoms with E-state index in [-0.39, 0.29) is 17.8 Å². The lowest BCUT2D eigenvalue weighted by molar-refractivity contribution is -0.146. The molecule has 4 heteroatoms. The fourth-order valence-electron chi connectivity index (χ4n) is 2.74. The molecule has 23 heavy (non-hydrogen) atoms. The maximum absolute atomic E-state index is 12.2. The summed E-state index contributed by atoms with van der Waals surface area (Å²) in [5, 5.41) is 0. The number of esters is 1. The second kappa shape index (κ2) is 6.73. The summed E-state index contributed by atoms with van der Waals surface area (Å²) in [5.74, 6) is 1.40. The number of carbonyl (C=O) groups is 1. The summed E-state index contributed by atoms with van der Waals surface area (Å²) in [7, 11) is 3.22. The summed E-state index contributed by atoms with van der Waals surface area (Å²) in [6.45, 7) is 0.328. The third-order valence-corrected chi connectivity index (χ3v) is 4.15. The molecule has 0 bridgehead atoms. The summed E-state index contributed by atoms with van der Waals surface area (Å²) in [4.78, 5) is 12.2. The molecule has 0 amide bonds. The van der Waals surface area contributed by atoms with Crippen molar-refractivity contribution in [1.82, 2.24) is 0 Å². The van der Waals surface area contributed by atoms with Crippen molar-refractivity contribution >= 4 is 5.97 Å². The van der Waals surface area contributed by atoms with Crippen molar-refractivity contribution in [2.24, 2.45) is 5.92 Å². The van der Waals surface area contributed by atoms with Crippen molar-refractivity contribution in [2.75, 3.05) is 14.2 Å². The molecule has 0 spiro atoms. The molecular weight excluding hydrogens is 292 g/mol. The van der Waals surface area contributed by atoms with Crippen molar-refractivity contribution < 1.29 is 19.0 Å². The molecule has 0 saturated heterocycles. The van der Waals surface area contributed by atoms with E-state index in [1.165, 1.54) is 0 Å². The lowest BCUT2D eigenvalue weighted by Gasteiger charge is -2.09. The molecule has 2 aromatic rings. The van der Waals surface area contributed by atoms with Crippen LogP contribution in [0.5, 0.6) is 11.5 Å². The quantitative estimate of drug-likeness (QED) is 0.765. The molecule has 120 valence electrons. The van der Waals surface area contributed by atoms with Crippen LogP contribution in [0.25, 0.3) is 0 Å². The Morgan fingerprint density at radius 3 is 2.48 bits per heavy atom. The maximum atomic E-state index is 12.2. The Labute approximate surface area is 136 Å². The molecule has 0 heterocycles. The Morgan fingerprint density at radius 2 is 1.78 bits per heavy atom. The molecule has 1 aliphatic carbocycles. The molecule has 0 radical (unpaired) electrons. The van der Waals surface area contributed by atoms with Gasteiger partial charge >= 0.3 is 5.97 Å². The van der Waals surface area contributed by atoms with Gasteiger partial charge in [0.25, 0.3) is 0 Å². The minimum absolute atomic E-state index is 0.0585. The lowest BCUT2D eigenvalue weighted by Crippen LogP contribution is -2.08. The van der Waals surface area contributed by atoms with Crippen molar-refractivity contribution in [3.63, 3.8) is 0 Å². The summed E-state index contributed by atoms with van der Waals surface area (Å²) >= 11 is 0. The van der Waals surface area contributed by atoms with Crippen LogP contribution in [0.15, 0.2) is 48.5 Å². The second-order valence-electron chi connectivity index (χ2n) is 5.66. The van der Waals surface area contributed by atoms with Gasteiger partial charge in [0, 0.05) is 0 Å². The van der Waals surface area contributed by atoms with Crippen molar-refractivity contribution in [3.05, 3.63) is 59.7 Å². The maximum Gasteiger partial charge on any atom is 0.309 e. The average molecular weight is 312 g/mol. The van der Waals surface area contributed by atoms with Gasteiger partial charge in [-0.15, -0.1) is 0 Å². The van der Waals surface area contributed by atoms with E-state index in [0.29, 0.717) is 18.1 Å². The van der Waals surface area contributed by atoms with Gasteiger partial charge in [0.05, 0.1) is 20.1 Å². The first-order chi connectivity index (χ1) is 11.2. The van der Waals surface area contributed by atoms with Crippen LogP contribution in [-0.4, -0.2) is 20.2 Å². The van der Waals surface area contributed by atoms with Crippen molar-refractivity contribution in [3.8, 4) is 11.5 Å². The standard InChI is InChI=1S/C19H20O4/c1-21-17-9-8-14(10-18(17)22-2)15-11-16(15)19(20)23-12-13-6-4-3-5-7-13/h3-10,15-16H,11-12H2,1-2H3/t15?,16-/m1/s1. The van der Waals surface area contributed by atoms with Crippen LogP contribution in [0.1, 0.15) is 23.5 Å². The number of methoxy groups -OCH3 is 2.